The largest absolute Gasteiger partial charge is 0.393 e. The molecular formula is C15H30N2O2. The second-order valence-corrected chi connectivity index (χ2v) is 6.06. The van der Waals surface area contributed by atoms with Crippen molar-refractivity contribution in [1.29, 1.82) is 0 Å². The van der Waals surface area contributed by atoms with Crippen LogP contribution in [0.25, 0.3) is 0 Å². The van der Waals surface area contributed by atoms with Crippen molar-refractivity contribution in [3.63, 3.8) is 0 Å². The Hall–Kier alpha value is -0.610. The SMILES string of the molecule is C[C@@H](CNC(=O)[C@H](C)N1CCCCCC1)C[C@H](C)O. The second-order valence-electron chi connectivity index (χ2n) is 6.06. The van der Waals surface area contributed by atoms with Gasteiger partial charge in [0.15, 0.2) is 0 Å². The highest BCUT2D eigenvalue weighted by atomic mass is 16.3. The molecule has 0 spiro atoms. The first kappa shape index (κ1) is 16.4. The van der Waals surface area contributed by atoms with Gasteiger partial charge in [0.25, 0.3) is 0 Å². The molecule has 1 aliphatic heterocycles. The van der Waals surface area contributed by atoms with Crippen molar-refractivity contribution in [3.8, 4) is 0 Å². The van der Waals surface area contributed by atoms with Gasteiger partial charge in [-0.25, -0.2) is 0 Å². The molecule has 3 atom stereocenters. The topological polar surface area (TPSA) is 52.6 Å². The van der Waals surface area contributed by atoms with Crippen molar-refractivity contribution >= 4 is 5.91 Å². The van der Waals surface area contributed by atoms with Gasteiger partial charge in [0.2, 0.25) is 5.91 Å². The van der Waals surface area contributed by atoms with Crippen molar-refractivity contribution in [2.45, 2.75) is 65.0 Å². The van der Waals surface area contributed by atoms with Crippen LogP contribution in [0.4, 0.5) is 0 Å². The van der Waals surface area contributed by atoms with Crippen LogP contribution in [0.2, 0.25) is 0 Å². The number of hydrogen-bond acceptors (Lipinski definition) is 3. The van der Waals surface area contributed by atoms with Gasteiger partial charge in [0, 0.05) is 6.54 Å². The molecule has 0 bridgehead atoms. The average Bonchev–Trinajstić information content (AvgIpc) is 2.63. The summed E-state index contributed by atoms with van der Waals surface area (Å²) in [5.74, 6) is 0.444. The molecule has 1 fully saturated rings. The number of aliphatic hydroxyl groups excluding tert-OH is 1. The molecule has 1 aliphatic rings. The summed E-state index contributed by atoms with van der Waals surface area (Å²) in [6.07, 6.45) is 5.42. The van der Waals surface area contributed by atoms with E-state index in [1.54, 1.807) is 6.92 Å². The normalized spacial score (nSPS) is 22.3. The van der Waals surface area contributed by atoms with Crippen LogP contribution in [0, 0.1) is 5.92 Å². The van der Waals surface area contributed by atoms with Gasteiger partial charge in [-0.2, -0.15) is 0 Å². The lowest BCUT2D eigenvalue weighted by Crippen LogP contribution is -2.46. The smallest absolute Gasteiger partial charge is 0.237 e. The van der Waals surface area contributed by atoms with E-state index in [0.717, 1.165) is 19.5 Å². The van der Waals surface area contributed by atoms with Crippen molar-refractivity contribution in [2.75, 3.05) is 19.6 Å². The van der Waals surface area contributed by atoms with Crippen LogP contribution in [0.5, 0.6) is 0 Å². The zero-order valence-corrected chi connectivity index (χ0v) is 12.7. The fourth-order valence-corrected chi connectivity index (χ4v) is 2.74. The zero-order valence-electron chi connectivity index (χ0n) is 12.7. The van der Waals surface area contributed by atoms with Crippen molar-refractivity contribution in [2.24, 2.45) is 5.92 Å². The Morgan fingerprint density at radius 3 is 2.26 bits per heavy atom. The van der Waals surface area contributed by atoms with Gasteiger partial charge in [-0.05, 0) is 52.1 Å². The number of carbonyl (C=O) groups is 1. The van der Waals surface area contributed by atoms with E-state index in [9.17, 15) is 9.90 Å². The fourth-order valence-electron chi connectivity index (χ4n) is 2.74. The summed E-state index contributed by atoms with van der Waals surface area (Å²) in [5, 5.41) is 12.3. The highest BCUT2D eigenvalue weighted by molar-refractivity contribution is 5.81. The van der Waals surface area contributed by atoms with E-state index in [4.69, 9.17) is 0 Å². The van der Waals surface area contributed by atoms with E-state index in [-0.39, 0.29) is 18.1 Å². The van der Waals surface area contributed by atoms with Crippen LogP contribution >= 0.6 is 0 Å². The summed E-state index contributed by atoms with van der Waals surface area (Å²) in [4.78, 5) is 14.4. The molecule has 1 heterocycles. The lowest BCUT2D eigenvalue weighted by molar-refractivity contribution is -0.126. The third-order valence-corrected chi connectivity index (χ3v) is 3.94. The summed E-state index contributed by atoms with van der Waals surface area (Å²) in [6, 6.07) is -0.0307. The monoisotopic (exact) mass is 270 g/mol. The number of rotatable bonds is 6. The summed E-state index contributed by atoms with van der Waals surface area (Å²) in [7, 11) is 0. The van der Waals surface area contributed by atoms with Crippen molar-refractivity contribution < 1.29 is 9.90 Å². The summed E-state index contributed by atoms with van der Waals surface area (Å²) >= 11 is 0. The maximum Gasteiger partial charge on any atom is 0.237 e. The Morgan fingerprint density at radius 1 is 1.16 bits per heavy atom. The highest BCUT2D eigenvalue weighted by Gasteiger charge is 2.22. The number of amides is 1. The molecule has 112 valence electrons. The molecule has 0 saturated carbocycles. The number of nitrogens with zero attached hydrogens (tertiary/aromatic N) is 1. The molecule has 1 amide bonds. The molecule has 0 aromatic rings. The predicted molar refractivity (Wildman–Crippen MR) is 78.0 cm³/mol. The molecular weight excluding hydrogens is 240 g/mol. The Morgan fingerprint density at radius 2 is 1.74 bits per heavy atom. The maximum absolute atomic E-state index is 12.1. The minimum atomic E-state index is -0.296. The van der Waals surface area contributed by atoms with E-state index in [1.165, 1.54) is 25.7 Å². The molecule has 0 aromatic carbocycles. The Balaban J connectivity index is 2.31. The molecule has 0 radical (unpaired) electrons. The summed E-state index contributed by atoms with van der Waals surface area (Å²) in [5.41, 5.74) is 0. The number of nitrogens with one attached hydrogen (secondary N) is 1. The van der Waals surface area contributed by atoms with Gasteiger partial charge >= 0.3 is 0 Å². The minimum absolute atomic E-state index is 0.0307. The molecule has 0 aromatic heterocycles. The quantitative estimate of drug-likeness (QED) is 0.773. The van der Waals surface area contributed by atoms with Crippen molar-refractivity contribution in [1.82, 2.24) is 10.2 Å². The minimum Gasteiger partial charge on any atom is -0.393 e. The van der Waals surface area contributed by atoms with Gasteiger partial charge in [-0.3, -0.25) is 9.69 Å². The van der Waals surface area contributed by atoms with Crippen LogP contribution < -0.4 is 5.32 Å². The third-order valence-electron chi connectivity index (χ3n) is 3.94. The lowest BCUT2D eigenvalue weighted by atomic mass is 10.0. The van der Waals surface area contributed by atoms with Gasteiger partial charge in [0.1, 0.15) is 0 Å². The van der Waals surface area contributed by atoms with Crippen LogP contribution in [-0.2, 0) is 4.79 Å². The number of likely N-dealkylation sites (tertiary alicyclic amines) is 1. The van der Waals surface area contributed by atoms with E-state index in [2.05, 4.69) is 17.1 Å². The number of aliphatic hydroxyl groups is 1. The predicted octanol–water partition coefficient (Wildman–Crippen LogP) is 1.77. The fraction of sp³-hybridized carbons (Fsp3) is 0.933. The Kier molecular flexibility index (Phi) is 7.39. The van der Waals surface area contributed by atoms with Crippen LogP contribution in [-0.4, -0.2) is 47.7 Å². The zero-order chi connectivity index (χ0) is 14.3. The van der Waals surface area contributed by atoms with E-state index < -0.39 is 0 Å². The van der Waals surface area contributed by atoms with Gasteiger partial charge < -0.3 is 10.4 Å². The molecule has 1 rings (SSSR count). The molecule has 2 N–H and O–H groups in total. The third kappa shape index (κ3) is 6.39. The summed E-state index contributed by atoms with van der Waals surface area (Å²) in [6.45, 7) is 8.58. The van der Waals surface area contributed by atoms with Crippen LogP contribution in [0.15, 0.2) is 0 Å². The molecule has 0 unspecified atom stereocenters. The first-order valence-electron chi connectivity index (χ1n) is 7.70. The van der Waals surface area contributed by atoms with E-state index in [1.807, 2.05) is 6.92 Å². The standard InChI is InChI=1S/C15H30N2O2/c1-12(10-13(2)18)11-16-15(19)14(3)17-8-6-4-5-7-9-17/h12-14,18H,4-11H2,1-3H3,(H,16,19)/t12-,13+,14+/m1/s1. The first-order chi connectivity index (χ1) is 9.00. The molecule has 1 saturated heterocycles. The Bertz CT molecular complexity index is 261. The first-order valence-corrected chi connectivity index (χ1v) is 7.70. The maximum atomic E-state index is 12.1. The molecule has 4 nitrogen and oxygen atoms in total. The van der Waals surface area contributed by atoms with Gasteiger partial charge in [0.05, 0.1) is 12.1 Å². The van der Waals surface area contributed by atoms with Gasteiger partial charge in [-0.1, -0.05) is 19.8 Å². The summed E-state index contributed by atoms with van der Waals surface area (Å²) < 4.78 is 0. The molecule has 0 aliphatic carbocycles. The highest BCUT2D eigenvalue weighted by Crippen LogP contribution is 2.12. The van der Waals surface area contributed by atoms with Crippen LogP contribution in [0.3, 0.4) is 0 Å². The van der Waals surface area contributed by atoms with Gasteiger partial charge in [-0.15, -0.1) is 0 Å². The van der Waals surface area contributed by atoms with E-state index in [0.29, 0.717) is 12.5 Å². The molecule has 19 heavy (non-hydrogen) atoms. The van der Waals surface area contributed by atoms with Crippen molar-refractivity contribution in [3.05, 3.63) is 0 Å². The molecule has 4 heteroatoms. The number of carbonyl (C=O) groups excluding carboxylic acids is 1. The van der Waals surface area contributed by atoms with E-state index >= 15 is 0 Å². The van der Waals surface area contributed by atoms with Crippen LogP contribution in [0.1, 0.15) is 52.9 Å². The number of hydrogen-bond donors (Lipinski definition) is 2. The average molecular weight is 270 g/mol. The lowest BCUT2D eigenvalue weighted by Gasteiger charge is -2.27. The second kappa shape index (κ2) is 8.54. The Labute approximate surface area is 117 Å².